The van der Waals surface area contributed by atoms with Crippen LogP contribution >= 0.6 is 35.2 Å². The molecular weight excluding hydrogens is 1020 g/mol. The number of phosphoric ester groups is 3. The number of nitrogens with one attached hydrogen (secondary N) is 2. The number of unbranched alkanes of at least 4 members (excludes halogenated alkanes) is 8. The number of anilines is 1. The maximum absolute atomic E-state index is 12.8. The van der Waals surface area contributed by atoms with Gasteiger partial charge in [-0.3, -0.25) is 32.5 Å². The largest absolute Gasteiger partial charge is 0.481 e. The molecule has 0 radical (unpaired) electrons. The number of thioether (sulfide) groups is 1. The zero-order chi connectivity index (χ0) is 52.6. The molecule has 0 aromatic carbocycles. The number of fused-ring (bicyclic) bond motifs is 1. The van der Waals surface area contributed by atoms with Crippen LogP contribution < -0.4 is 16.4 Å². The predicted octanol–water partition coefficient (Wildman–Crippen LogP) is 4.97. The Morgan fingerprint density at radius 2 is 1.49 bits per heavy atom. The normalized spacial score (nSPS) is 19.6. The Morgan fingerprint density at radius 1 is 0.873 bits per heavy atom. The molecule has 10 N–H and O–H groups in total. The van der Waals surface area contributed by atoms with Gasteiger partial charge in [0.1, 0.15) is 47.8 Å². The lowest BCUT2D eigenvalue weighted by atomic mass is 9.87. The fraction of sp³-hybridized carbons (Fsp3) is 0.714. The van der Waals surface area contributed by atoms with Gasteiger partial charge in [0.05, 0.1) is 19.5 Å². The Kier molecular flexibility index (Phi) is 23.8. The third-order valence-electron chi connectivity index (χ3n) is 11.7. The average Bonchev–Trinajstić information content (AvgIpc) is 3.94. The second-order valence-electron chi connectivity index (χ2n) is 17.9. The van der Waals surface area contributed by atoms with Crippen molar-refractivity contribution in [3.8, 4) is 0 Å². The van der Waals surface area contributed by atoms with Crippen LogP contribution in [0.4, 0.5) is 5.82 Å². The van der Waals surface area contributed by atoms with Crippen molar-refractivity contribution >= 4 is 69.1 Å². The van der Waals surface area contributed by atoms with Crippen LogP contribution in [-0.2, 0) is 63.5 Å². The van der Waals surface area contributed by atoms with Gasteiger partial charge in [-0.1, -0.05) is 77.5 Å². The molecule has 3 aromatic heterocycles. The molecule has 1 aliphatic rings. The first kappa shape index (κ1) is 60.4. The van der Waals surface area contributed by atoms with Crippen molar-refractivity contribution in [1.82, 2.24) is 30.2 Å². The highest BCUT2D eigenvalue weighted by Crippen LogP contribution is 2.61. The summed E-state index contributed by atoms with van der Waals surface area (Å²) in [6.45, 7) is 7.06. The summed E-state index contributed by atoms with van der Waals surface area (Å²) < 4.78 is 68.7. The monoisotopic (exact) mass is 1090 g/mol. The summed E-state index contributed by atoms with van der Waals surface area (Å²) in [5, 5.41) is 26.7. The van der Waals surface area contributed by atoms with Crippen LogP contribution in [0.25, 0.3) is 11.2 Å². The molecule has 7 unspecified atom stereocenters. The van der Waals surface area contributed by atoms with Gasteiger partial charge >= 0.3 is 23.5 Å². The quantitative estimate of drug-likeness (QED) is 0.0287. The van der Waals surface area contributed by atoms with Crippen molar-refractivity contribution in [3.05, 3.63) is 35.3 Å². The van der Waals surface area contributed by atoms with Crippen LogP contribution in [0.15, 0.2) is 17.1 Å². The van der Waals surface area contributed by atoms with Crippen molar-refractivity contribution in [2.45, 2.75) is 155 Å². The molecular formula is C42H70N7O18P3S. The molecule has 0 aliphatic carbocycles. The fourth-order valence-electron chi connectivity index (χ4n) is 7.54. The van der Waals surface area contributed by atoms with Gasteiger partial charge in [0.2, 0.25) is 11.8 Å². The number of aliphatic hydroxyl groups excluding tert-OH is 2. The van der Waals surface area contributed by atoms with E-state index >= 15 is 0 Å². The third-order valence-corrected chi connectivity index (χ3v) is 15.7. The van der Waals surface area contributed by atoms with Crippen molar-refractivity contribution in [3.63, 3.8) is 0 Å². The number of aliphatic hydroxyl groups is 2. The van der Waals surface area contributed by atoms with E-state index in [1.807, 2.05) is 0 Å². The molecule has 25 nitrogen and oxygen atoms in total. The number of imidazole rings is 1. The standard InChI is InChI=1S/C42H70N7O18P3S/c1-6-7-8-13-16-29-27(2)28(3)30(64-29)17-14-11-9-10-12-15-18-33(51)71-22-21-44-32(50)19-20-45-40(54)37(53)42(4,5)24-63-70(60,61)67-69(58,59)62-23-31-36(66-68(55,56)57)35(52)41(65-31)49-26-48-34-38(43)46-25-47-39(34)49/h25-26,31,35-37,41,52-53H,6-24H2,1-5H3,(H,44,50)(H,45,54)(H,58,59)(H,60,61)(H2,43,46,47)(H2,55,56,57). The number of furan rings is 1. The lowest BCUT2D eigenvalue weighted by Crippen LogP contribution is -2.46. The van der Waals surface area contributed by atoms with Crippen molar-refractivity contribution < 1.29 is 84.9 Å². The Labute approximate surface area is 416 Å². The Hall–Kier alpha value is -3.16. The molecule has 0 saturated carbocycles. The van der Waals surface area contributed by atoms with Crippen LogP contribution in [0.3, 0.4) is 0 Å². The second-order valence-corrected chi connectivity index (χ2v) is 23.3. The summed E-state index contributed by atoms with van der Waals surface area (Å²) in [6, 6.07) is 0. The molecule has 1 fully saturated rings. The summed E-state index contributed by atoms with van der Waals surface area (Å²) in [4.78, 5) is 88.6. The molecule has 7 atom stereocenters. The Morgan fingerprint density at radius 3 is 2.14 bits per heavy atom. The minimum absolute atomic E-state index is 0.0315. The van der Waals surface area contributed by atoms with Gasteiger partial charge in [0.25, 0.3) is 0 Å². The van der Waals surface area contributed by atoms with E-state index in [1.165, 1.54) is 44.2 Å². The summed E-state index contributed by atoms with van der Waals surface area (Å²) >= 11 is 1.14. The van der Waals surface area contributed by atoms with Gasteiger partial charge in [-0.2, -0.15) is 4.31 Å². The van der Waals surface area contributed by atoms with Gasteiger partial charge in [-0.05, 0) is 44.2 Å². The molecule has 402 valence electrons. The van der Waals surface area contributed by atoms with Crippen LogP contribution in [0.2, 0.25) is 0 Å². The maximum atomic E-state index is 12.8. The first-order valence-electron chi connectivity index (χ1n) is 23.5. The number of ether oxygens (including phenoxy) is 1. The number of carbonyl (C=O) groups is 3. The molecule has 0 spiro atoms. The highest BCUT2D eigenvalue weighted by atomic mass is 32.2. The molecule has 1 saturated heterocycles. The average molecular weight is 1090 g/mol. The van der Waals surface area contributed by atoms with E-state index in [9.17, 15) is 57.9 Å². The minimum Gasteiger partial charge on any atom is -0.466 e. The summed E-state index contributed by atoms with van der Waals surface area (Å²) in [6.07, 6.45) is 6.46. The summed E-state index contributed by atoms with van der Waals surface area (Å²) in [5.74, 6) is 1.19. The molecule has 4 heterocycles. The lowest BCUT2D eigenvalue weighted by Gasteiger charge is -2.30. The highest BCUT2D eigenvalue weighted by molar-refractivity contribution is 8.13. The van der Waals surface area contributed by atoms with Crippen LogP contribution in [0, 0.1) is 19.3 Å². The second kappa shape index (κ2) is 27.9. The number of amides is 2. The number of carbonyl (C=O) groups excluding carboxylic acids is 3. The molecule has 0 bridgehead atoms. The number of nitrogens with zero attached hydrogens (tertiary/aromatic N) is 4. The number of nitrogen functional groups attached to an aromatic ring is 1. The number of aryl methyl sites for hydroxylation is 2. The van der Waals surface area contributed by atoms with E-state index in [0.29, 0.717) is 12.2 Å². The molecule has 2 amide bonds. The highest BCUT2D eigenvalue weighted by Gasteiger charge is 2.50. The Bertz CT molecular complexity index is 2370. The van der Waals surface area contributed by atoms with E-state index in [0.717, 1.165) is 98.3 Å². The number of nitrogens with two attached hydrogens (primary N) is 1. The first-order chi connectivity index (χ1) is 33.3. The summed E-state index contributed by atoms with van der Waals surface area (Å²) in [7, 11) is -16.4. The minimum atomic E-state index is -5.58. The summed E-state index contributed by atoms with van der Waals surface area (Å²) in [5.41, 5.74) is 6.85. The fourth-order valence-corrected chi connectivity index (χ4v) is 11.1. The van der Waals surface area contributed by atoms with Crippen LogP contribution in [0.1, 0.15) is 127 Å². The molecule has 4 rings (SSSR count). The number of aromatic nitrogens is 4. The number of phosphoric acid groups is 3. The molecule has 3 aromatic rings. The zero-order valence-electron chi connectivity index (χ0n) is 40.7. The van der Waals surface area contributed by atoms with E-state index < -0.39 is 84.6 Å². The number of hydrogen-bond acceptors (Lipinski definition) is 19. The molecule has 29 heteroatoms. The van der Waals surface area contributed by atoms with Gasteiger partial charge in [0, 0.05) is 49.9 Å². The Balaban J connectivity index is 1.07. The van der Waals surface area contributed by atoms with Crippen molar-refractivity contribution in [2.75, 3.05) is 37.8 Å². The predicted molar refractivity (Wildman–Crippen MR) is 259 cm³/mol. The van der Waals surface area contributed by atoms with Crippen molar-refractivity contribution in [2.24, 2.45) is 5.41 Å². The van der Waals surface area contributed by atoms with Crippen LogP contribution in [-0.4, -0.2) is 123 Å². The topological polar surface area (TPSA) is 377 Å². The molecule has 71 heavy (non-hydrogen) atoms. The molecule has 1 aliphatic heterocycles. The smallest absolute Gasteiger partial charge is 0.466 e. The van der Waals surface area contributed by atoms with E-state index in [-0.39, 0.29) is 41.6 Å². The van der Waals surface area contributed by atoms with Gasteiger partial charge in [-0.15, -0.1) is 0 Å². The first-order valence-corrected chi connectivity index (χ1v) is 29.0. The SMILES string of the molecule is CCCCCCc1oc(CCCCCCCCC(=O)SCCNC(=O)CCNC(=O)C(O)C(C)(C)COP(=O)(O)OP(=O)(O)OCC2OC(n3cnc4c(N)ncnc43)C(O)C2OP(=O)(O)O)c(C)c1C. The number of hydrogen-bond donors (Lipinski definition) is 9. The zero-order valence-corrected chi connectivity index (χ0v) is 44.2. The lowest BCUT2D eigenvalue weighted by molar-refractivity contribution is -0.137. The van der Waals surface area contributed by atoms with Gasteiger partial charge in [0.15, 0.2) is 22.8 Å². The third kappa shape index (κ3) is 19.6. The van der Waals surface area contributed by atoms with E-state index in [1.54, 1.807) is 0 Å². The maximum Gasteiger partial charge on any atom is 0.481 e. The van der Waals surface area contributed by atoms with Crippen LogP contribution in [0.5, 0.6) is 0 Å². The van der Waals surface area contributed by atoms with E-state index in [4.69, 9.17) is 23.9 Å². The van der Waals surface area contributed by atoms with Gasteiger partial charge < -0.3 is 55.3 Å². The number of rotatable bonds is 33. The van der Waals surface area contributed by atoms with Gasteiger partial charge in [-0.25, -0.2) is 28.6 Å². The van der Waals surface area contributed by atoms with Crippen molar-refractivity contribution in [1.29, 1.82) is 0 Å². The van der Waals surface area contributed by atoms with E-state index in [2.05, 4.69) is 55.2 Å².